The number of likely N-dealkylation sites (N-methyl/N-ethyl adjacent to an activating group) is 1. The summed E-state index contributed by atoms with van der Waals surface area (Å²) in [6, 6.07) is 23.9. The molecule has 2 amide bonds. The van der Waals surface area contributed by atoms with E-state index in [1.54, 1.807) is 13.1 Å². The summed E-state index contributed by atoms with van der Waals surface area (Å²) in [6.45, 7) is 11.5. The molecule has 48 heavy (non-hydrogen) atoms. The van der Waals surface area contributed by atoms with Crippen LogP contribution in [0.2, 0.25) is 0 Å². The summed E-state index contributed by atoms with van der Waals surface area (Å²) in [5, 5.41) is 19.3. The number of hydrogen-bond acceptors (Lipinski definition) is 7. The lowest BCUT2D eigenvalue weighted by atomic mass is 9.96. The summed E-state index contributed by atoms with van der Waals surface area (Å²) in [7, 11) is 2.15. The first kappa shape index (κ1) is 32.5. The molecule has 2 aromatic heterocycles. The maximum atomic E-state index is 13.4. The van der Waals surface area contributed by atoms with E-state index in [0.29, 0.717) is 23.4 Å². The van der Waals surface area contributed by atoms with Gasteiger partial charge >= 0.3 is 0 Å². The summed E-state index contributed by atoms with van der Waals surface area (Å²) >= 11 is 0. The number of carbonyl (C=O) groups is 2. The first-order chi connectivity index (χ1) is 23.2. The summed E-state index contributed by atoms with van der Waals surface area (Å²) in [5.41, 5.74) is 9.09. The van der Waals surface area contributed by atoms with E-state index >= 15 is 0 Å². The van der Waals surface area contributed by atoms with Gasteiger partial charge in [-0.15, -0.1) is 0 Å². The summed E-state index contributed by atoms with van der Waals surface area (Å²) in [5.74, 6) is -0.548. The van der Waals surface area contributed by atoms with Crippen molar-refractivity contribution in [2.45, 2.75) is 26.6 Å². The minimum absolute atomic E-state index is 0.258. The van der Waals surface area contributed by atoms with E-state index in [1.807, 2.05) is 55.5 Å². The summed E-state index contributed by atoms with van der Waals surface area (Å²) in [4.78, 5) is 38.6. The highest BCUT2D eigenvalue weighted by Crippen LogP contribution is 2.40. The van der Waals surface area contributed by atoms with Crippen molar-refractivity contribution >= 4 is 39.9 Å². The summed E-state index contributed by atoms with van der Waals surface area (Å²) in [6.07, 6.45) is 2.14. The van der Waals surface area contributed by atoms with E-state index in [2.05, 4.69) is 73.6 Å². The van der Waals surface area contributed by atoms with Crippen molar-refractivity contribution in [1.29, 1.82) is 0 Å². The fourth-order valence-corrected chi connectivity index (χ4v) is 6.01. The van der Waals surface area contributed by atoms with Crippen LogP contribution in [0.25, 0.3) is 33.4 Å². The normalized spacial score (nSPS) is 14.0. The number of nitrogens with one attached hydrogen (secondary N) is 4. The van der Waals surface area contributed by atoms with Crippen LogP contribution >= 0.6 is 0 Å². The van der Waals surface area contributed by atoms with Crippen molar-refractivity contribution in [2.24, 2.45) is 0 Å². The van der Waals surface area contributed by atoms with Crippen LogP contribution in [0.1, 0.15) is 28.4 Å². The van der Waals surface area contributed by atoms with Gasteiger partial charge in [0.25, 0.3) is 5.91 Å². The van der Waals surface area contributed by atoms with Crippen molar-refractivity contribution in [3.8, 4) is 22.4 Å². The molecule has 3 heterocycles. The first-order valence-corrected chi connectivity index (χ1v) is 16.1. The van der Waals surface area contributed by atoms with Crippen molar-refractivity contribution in [3.05, 3.63) is 108 Å². The number of piperazine rings is 1. The summed E-state index contributed by atoms with van der Waals surface area (Å²) < 4.78 is 0. The zero-order valence-corrected chi connectivity index (χ0v) is 27.5. The van der Waals surface area contributed by atoms with E-state index in [9.17, 15) is 14.7 Å². The van der Waals surface area contributed by atoms with Crippen LogP contribution in [0.15, 0.2) is 91.6 Å². The minimum Gasteiger partial charge on any atom is -0.374 e. The van der Waals surface area contributed by atoms with E-state index in [-0.39, 0.29) is 11.8 Å². The second-order valence-corrected chi connectivity index (χ2v) is 12.3. The lowest BCUT2D eigenvalue weighted by Crippen LogP contribution is -2.44. The Labute approximate surface area is 280 Å². The number of fused-ring (bicyclic) bond motifs is 1. The molecule has 1 aliphatic heterocycles. The molecule has 246 valence electrons. The van der Waals surface area contributed by atoms with Gasteiger partial charge in [-0.3, -0.25) is 9.59 Å². The lowest BCUT2D eigenvalue weighted by molar-refractivity contribution is -0.111. The number of aliphatic hydroxyl groups is 1. The quantitative estimate of drug-likeness (QED) is 0.0968. The predicted molar refractivity (Wildman–Crippen MR) is 193 cm³/mol. The molecule has 3 aromatic carbocycles. The Bertz CT molecular complexity index is 1960. The molecular formula is C38H41N7O3. The van der Waals surface area contributed by atoms with Gasteiger partial charge in [0.1, 0.15) is 11.9 Å². The molecule has 5 N–H and O–H groups in total. The number of anilines is 3. The molecule has 1 aliphatic rings. The van der Waals surface area contributed by atoms with E-state index in [0.717, 1.165) is 70.8 Å². The largest absolute Gasteiger partial charge is 0.374 e. The third-order valence-electron chi connectivity index (χ3n) is 8.66. The minimum atomic E-state index is -0.689. The van der Waals surface area contributed by atoms with Crippen LogP contribution in [0.3, 0.4) is 0 Å². The molecule has 5 aromatic rings. The van der Waals surface area contributed by atoms with Crippen molar-refractivity contribution in [3.63, 3.8) is 0 Å². The van der Waals surface area contributed by atoms with Crippen LogP contribution in [-0.4, -0.2) is 71.2 Å². The number of benzene rings is 3. The highest BCUT2D eigenvalue weighted by Gasteiger charge is 2.20. The number of nitrogens with zero attached hydrogens (tertiary/aromatic N) is 3. The number of hydrogen-bond donors (Lipinski definition) is 5. The van der Waals surface area contributed by atoms with Crippen molar-refractivity contribution in [1.82, 2.24) is 20.2 Å². The number of H-pyrrole nitrogens is 1. The second kappa shape index (κ2) is 14.1. The molecule has 1 fully saturated rings. The van der Waals surface area contributed by atoms with Gasteiger partial charge in [-0.1, -0.05) is 43.0 Å². The fraction of sp³-hybridized carbons (Fsp3) is 0.237. The van der Waals surface area contributed by atoms with Gasteiger partial charge in [0.05, 0.1) is 11.3 Å². The Hall–Kier alpha value is -5.45. The van der Waals surface area contributed by atoms with Gasteiger partial charge in [0, 0.05) is 66.9 Å². The average molecular weight is 644 g/mol. The van der Waals surface area contributed by atoms with Gasteiger partial charge in [-0.2, -0.15) is 0 Å². The van der Waals surface area contributed by atoms with Crippen LogP contribution in [-0.2, 0) is 11.3 Å². The molecule has 1 atom stereocenters. The molecule has 0 radical (unpaired) electrons. The zero-order valence-electron chi connectivity index (χ0n) is 27.5. The van der Waals surface area contributed by atoms with Crippen LogP contribution in [0.4, 0.5) is 17.1 Å². The fourth-order valence-electron chi connectivity index (χ4n) is 6.01. The molecule has 0 spiro atoms. The Kier molecular flexibility index (Phi) is 9.56. The monoisotopic (exact) mass is 643 g/mol. The molecule has 1 unspecified atom stereocenters. The van der Waals surface area contributed by atoms with E-state index < -0.39 is 6.23 Å². The Morgan fingerprint density at radius 1 is 1.02 bits per heavy atom. The first-order valence-electron chi connectivity index (χ1n) is 16.1. The van der Waals surface area contributed by atoms with Crippen molar-refractivity contribution < 1.29 is 14.7 Å². The van der Waals surface area contributed by atoms with Crippen molar-refractivity contribution in [2.75, 3.05) is 48.8 Å². The Morgan fingerprint density at radius 2 is 1.77 bits per heavy atom. The molecule has 1 saturated heterocycles. The Morgan fingerprint density at radius 3 is 2.50 bits per heavy atom. The van der Waals surface area contributed by atoms with Gasteiger partial charge < -0.3 is 35.8 Å². The molecule has 10 heteroatoms. The average Bonchev–Trinajstić information content (AvgIpc) is 3.47. The molecule has 0 saturated carbocycles. The second-order valence-electron chi connectivity index (χ2n) is 12.3. The maximum absolute atomic E-state index is 13.4. The maximum Gasteiger partial charge on any atom is 0.253 e. The lowest BCUT2D eigenvalue weighted by Gasteiger charge is -2.34. The number of carbonyl (C=O) groups excluding carboxylic acids is 2. The molecular weight excluding hydrogens is 602 g/mol. The zero-order chi connectivity index (χ0) is 33.8. The number of pyridine rings is 1. The van der Waals surface area contributed by atoms with Crippen LogP contribution in [0.5, 0.6) is 0 Å². The van der Waals surface area contributed by atoms with Crippen LogP contribution in [0, 0.1) is 6.92 Å². The van der Waals surface area contributed by atoms with E-state index in [1.165, 1.54) is 11.8 Å². The third-order valence-corrected chi connectivity index (χ3v) is 8.66. The van der Waals surface area contributed by atoms with Gasteiger partial charge in [-0.05, 0) is 85.6 Å². The van der Waals surface area contributed by atoms with Gasteiger partial charge in [0.15, 0.2) is 0 Å². The molecule has 10 nitrogen and oxygen atoms in total. The van der Waals surface area contributed by atoms with E-state index in [4.69, 9.17) is 0 Å². The number of aryl methyl sites for hydroxylation is 1. The Balaban J connectivity index is 1.36. The number of aromatic amines is 1. The SMILES string of the molecule is C=CC(=O)Nc1cc(-c2c(-c3ccc(N4CCN(C)CC4)cc3)[nH]c3ncc(C(=O)NCc4cccc(NC(C)O)c4)cc23)ccc1C. The molecule has 0 bridgehead atoms. The topological polar surface area (TPSA) is 126 Å². The highest BCUT2D eigenvalue weighted by atomic mass is 16.3. The smallest absolute Gasteiger partial charge is 0.253 e. The number of aromatic nitrogens is 2. The molecule has 6 rings (SSSR count). The van der Waals surface area contributed by atoms with Gasteiger partial charge in [-0.25, -0.2) is 4.98 Å². The molecule has 0 aliphatic carbocycles. The number of amides is 2. The van der Waals surface area contributed by atoms with Crippen LogP contribution < -0.4 is 20.9 Å². The third kappa shape index (κ3) is 7.25. The number of aliphatic hydroxyl groups excluding tert-OH is 1. The number of rotatable bonds is 10. The predicted octanol–water partition coefficient (Wildman–Crippen LogP) is 5.76. The van der Waals surface area contributed by atoms with Gasteiger partial charge in [0.2, 0.25) is 5.91 Å². The standard InChI is InChI=1S/C38H41N7O3/c1-5-34(47)42-33-21-28(10-9-24(33)2)35-32-20-29(38(48)40-22-26-7-6-8-30(19-26)41-25(3)46)23-39-37(32)43-36(35)27-11-13-31(14-12-27)45-17-15-44(4)16-18-45/h5-14,19-21,23,25,41,46H,1,15-18,22H2,2-4H3,(H,39,43)(H,40,48)(H,42,47). The highest BCUT2D eigenvalue weighted by molar-refractivity contribution is 6.07.